The standard InChI is InChI=1S/C12H20N2O2S/c1-5-14(6-2)12(15)7-10-9(3)13-11(17-10)8-16-4/h5-8H2,1-4H3. The first-order valence-electron chi connectivity index (χ1n) is 5.84. The van der Waals surface area contributed by atoms with Crippen LogP contribution in [0.4, 0.5) is 0 Å². The van der Waals surface area contributed by atoms with E-state index in [4.69, 9.17) is 4.74 Å². The third-order valence-electron chi connectivity index (χ3n) is 2.63. The molecule has 0 fully saturated rings. The topological polar surface area (TPSA) is 42.4 Å². The van der Waals surface area contributed by atoms with Gasteiger partial charge in [0.15, 0.2) is 0 Å². The van der Waals surface area contributed by atoms with E-state index in [2.05, 4.69) is 4.98 Å². The number of nitrogens with zero attached hydrogens (tertiary/aromatic N) is 2. The molecule has 1 aromatic heterocycles. The Kier molecular flexibility index (Phi) is 5.58. The van der Waals surface area contributed by atoms with Crippen molar-refractivity contribution in [2.75, 3.05) is 20.2 Å². The van der Waals surface area contributed by atoms with Crippen LogP contribution in [-0.2, 0) is 22.6 Å². The summed E-state index contributed by atoms with van der Waals surface area (Å²) in [6.07, 6.45) is 0.453. The van der Waals surface area contributed by atoms with Gasteiger partial charge in [-0.3, -0.25) is 4.79 Å². The zero-order valence-electron chi connectivity index (χ0n) is 10.9. The van der Waals surface area contributed by atoms with Gasteiger partial charge in [0.25, 0.3) is 0 Å². The first-order valence-corrected chi connectivity index (χ1v) is 6.65. The lowest BCUT2D eigenvalue weighted by Crippen LogP contribution is -2.31. The smallest absolute Gasteiger partial charge is 0.227 e. The summed E-state index contributed by atoms with van der Waals surface area (Å²) in [5.41, 5.74) is 0.947. The molecule has 0 N–H and O–H groups in total. The SMILES string of the molecule is CCN(CC)C(=O)Cc1sc(COC)nc1C. The number of hydrogen-bond acceptors (Lipinski definition) is 4. The molecule has 4 nitrogen and oxygen atoms in total. The van der Waals surface area contributed by atoms with Crippen LogP contribution in [0.1, 0.15) is 29.4 Å². The molecule has 1 heterocycles. The number of aromatic nitrogens is 1. The highest BCUT2D eigenvalue weighted by Gasteiger charge is 2.15. The van der Waals surface area contributed by atoms with Crippen LogP contribution < -0.4 is 0 Å². The second kappa shape index (κ2) is 6.71. The predicted octanol–water partition coefficient (Wildman–Crippen LogP) is 2.01. The Balaban J connectivity index is 2.70. The average molecular weight is 256 g/mol. The molecule has 96 valence electrons. The highest BCUT2D eigenvalue weighted by atomic mass is 32.1. The Bertz CT molecular complexity index is 373. The zero-order chi connectivity index (χ0) is 12.8. The molecular formula is C12H20N2O2S. The van der Waals surface area contributed by atoms with E-state index in [1.54, 1.807) is 18.4 Å². The Morgan fingerprint density at radius 2 is 2.06 bits per heavy atom. The molecule has 0 saturated heterocycles. The van der Waals surface area contributed by atoms with Gasteiger partial charge in [0.1, 0.15) is 5.01 Å². The molecular weight excluding hydrogens is 236 g/mol. The fourth-order valence-corrected chi connectivity index (χ4v) is 2.70. The van der Waals surface area contributed by atoms with Gasteiger partial charge in [-0.05, 0) is 20.8 Å². The van der Waals surface area contributed by atoms with Crippen LogP contribution in [-0.4, -0.2) is 36.0 Å². The fourth-order valence-electron chi connectivity index (χ4n) is 1.66. The van der Waals surface area contributed by atoms with Crippen molar-refractivity contribution in [3.05, 3.63) is 15.6 Å². The van der Waals surface area contributed by atoms with Gasteiger partial charge in [-0.1, -0.05) is 0 Å². The van der Waals surface area contributed by atoms with E-state index < -0.39 is 0 Å². The molecule has 17 heavy (non-hydrogen) atoms. The van der Waals surface area contributed by atoms with Crippen LogP contribution in [0.2, 0.25) is 0 Å². The van der Waals surface area contributed by atoms with Crippen LogP contribution in [0.15, 0.2) is 0 Å². The zero-order valence-corrected chi connectivity index (χ0v) is 11.8. The number of methoxy groups -OCH3 is 1. The summed E-state index contributed by atoms with van der Waals surface area (Å²) in [7, 11) is 1.65. The van der Waals surface area contributed by atoms with Crippen LogP contribution >= 0.6 is 11.3 Å². The van der Waals surface area contributed by atoms with Gasteiger partial charge < -0.3 is 9.64 Å². The minimum Gasteiger partial charge on any atom is -0.378 e. The van der Waals surface area contributed by atoms with Crippen LogP contribution in [0.3, 0.4) is 0 Å². The van der Waals surface area contributed by atoms with E-state index in [9.17, 15) is 4.79 Å². The molecule has 1 rings (SSSR count). The van der Waals surface area contributed by atoms with Gasteiger partial charge in [-0.2, -0.15) is 0 Å². The molecule has 0 saturated carbocycles. The van der Waals surface area contributed by atoms with E-state index in [0.29, 0.717) is 13.0 Å². The number of carbonyl (C=O) groups is 1. The van der Waals surface area contributed by atoms with Gasteiger partial charge in [0, 0.05) is 25.1 Å². The monoisotopic (exact) mass is 256 g/mol. The van der Waals surface area contributed by atoms with Crippen LogP contribution in [0.25, 0.3) is 0 Å². The van der Waals surface area contributed by atoms with E-state index in [-0.39, 0.29) is 5.91 Å². The largest absolute Gasteiger partial charge is 0.378 e. The highest BCUT2D eigenvalue weighted by molar-refractivity contribution is 7.11. The molecule has 0 aromatic carbocycles. The molecule has 0 radical (unpaired) electrons. The number of rotatable bonds is 6. The maximum Gasteiger partial charge on any atom is 0.227 e. The van der Waals surface area contributed by atoms with E-state index in [1.165, 1.54) is 0 Å². The van der Waals surface area contributed by atoms with E-state index in [0.717, 1.165) is 28.7 Å². The van der Waals surface area contributed by atoms with Crippen molar-refractivity contribution in [3.63, 3.8) is 0 Å². The number of amides is 1. The number of carbonyl (C=O) groups excluding carboxylic acids is 1. The average Bonchev–Trinajstić information content (AvgIpc) is 2.61. The number of aryl methyl sites for hydroxylation is 1. The normalized spacial score (nSPS) is 10.6. The molecule has 0 atom stereocenters. The number of hydrogen-bond donors (Lipinski definition) is 0. The molecule has 0 unspecified atom stereocenters. The van der Waals surface area contributed by atoms with Crippen molar-refractivity contribution in [1.82, 2.24) is 9.88 Å². The van der Waals surface area contributed by atoms with Crippen LogP contribution in [0.5, 0.6) is 0 Å². The van der Waals surface area contributed by atoms with Gasteiger partial charge in [-0.25, -0.2) is 4.98 Å². The van der Waals surface area contributed by atoms with Gasteiger partial charge in [0.2, 0.25) is 5.91 Å². The van der Waals surface area contributed by atoms with E-state index >= 15 is 0 Å². The maximum absolute atomic E-state index is 12.0. The molecule has 0 spiro atoms. The Labute approximate surface area is 107 Å². The fraction of sp³-hybridized carbons (Fsp3) is 0.667. The molecule has 5 heteroatoms. The summed E-state index contributed by atoms with van der Waals surface area (Å²) in [4.78, 5) is 19.2. The number of likely N-dealkylation sites (N-methyl/N-ethyl adjacent to an activating group) is 1. The lowest BCUT2D eigenvalue weighted by molar-refractivity contribution is -0.130. The van der Waals surface area contributed by atoms with Crippen molar-refractivity contribution < 1.29 is 9.53 Å². The minimum absolute atomic E-state index is 0.172. The molecule has 0 aliphatic carbocycles. The van der Waals surface area contributed by atoms with Crippen LogP contribution in [0, 0.1) is 6.92 Å². The molecule has 0 aliphatic rings. The van der Waals surface area contributed by atoms with Gasteiger partial charge in [0.05, 0.1) is 18.7 Å². The Morgan fingerprint density at radius 1 is 1.41 bits per heavy atom. The third kappa shape index (κ3) is 3.78. The summed E-state index contributed by atoms with van der Waals surface area (Å²) in [5, 5.41) is 0.937. The summed E-state index contributed by atoms with van der Waals surface area (Å²) < 4.78 is 5.04. The maximum atomic E-state index is 12.0. The van der Waals surface area contributed by atoms with E-state index in [1.807, 2.05) is 25.7 Å². The Hall–Kier alpha value is -0.940. The lowest BCUT2D eigenvalue weighted by atomic mass is 10.2. The molecule has 1 aromatic rings. The molecule has 1 amide bonds. The molecule has 0 bridgehead atoms. The quantitative estimate of drug-likeness (QED) is 0.782. The second-order valence-corrected chi connectivity index (χ2v) is 4.96. The second-order valence-electron chi connectivity index (χ2n) is 3.79. The van der Waals surface area contributed by atoms with Gasteiger partial charge >= 0.3 is 0 Å². The van der Waals surface area contributed by atoms with Crippen molar-refractivity contribution in [2.24, 2.45) is 0 Å². The predicted molar refractivity (Wildman–Crippen MR) is 69.2 cm³/mol. The summed E-state index contributed by atoms with van der Waals surface area (Å²) in [6, 6.07) is 0. The first kappa shape index (κ1) is 14.1. The van der Waals surface area contributed by atoms with Crippen molar-refractivity contribution in [2.45, 2.75) is 33.8 Å². The lowest BCUT2D eigenvalue weighted by Gasteiger charge is -2.18. The summed E-state index contributed by atoms with van der Waals surface area (Å²) in [5.74, 6) is 0.172. The number of thiazole rings is 1. The Morgan fingerprint density at radius 3 is 2.59 bits per heavy atom. The highest BCUT2D eigenvalue weighted by Crippen LogP contribution is 2.19. The van der Waals surface area contributed by atoms with Crippen molar-refractivity contribution >= 4 is 17.2 Å². The minimum atomic E-state index is 0.172. The van der Waals surface area contributed by atoms with Crippen molar-refractivity contribution in [1.29, 1.82) is 0 Å². The first-order chi connectivity index (χ1) is 8.12. The van der Waals surface area contributed by atoms with Gasteiger partial charge in [-0.15, -0.1) is 11.3 Å². The third-order valence-corrected chi connectivity index (χ3v) is 3.76. The molecule has 0 aliphatic heterocycles. The summed E-state index contributed by atoms with van der Waals surface area (Å²) >= 11 is 1.57. The van der Waals surface area contributed by atoms with Crippen molar-refractivity contribution in [3.8, 4) is 0 Å². The summed E-state index contributed by atoms with van der Waals surface area (Å²) in [6.45, 7) is 7.98. The number of ether oxygens (including phenoxy) is 1.